The number of anilines is 4. The van der Waals surface area contributed by atoms with E-state index in [1.54, 1.807) is 0 Å². The predicted molar refractivity (Wildman–Crippen MR) is 69.0 cm³/mol. The molecular weight excluding hydrogens is 200 g/mol. The van der Waals surface area contributed by atoms with E-state index in [1.807, 2.05) is 48.5 Å². The van der Waals surface area contributed by atoms with Gasteiger partial charge in [0, 0.05) is 11.4 Å². The molecule has 0 unspecified atom stereocenters. The van der Waals surface area contributed by atoms with Crippen molar-refractivity contribution in [1.29, 1.82) is 0 Å². The second-order valence-electron chi connectivity index (χ2n) is 3.50. The standard InChI is InChI=1S/C12H14N4/c13-9-4-6-11(7-5-9)15-16-12-3-1-2-10(14)8-12/h1-8,15-16H,13-14H2. The first-order valence-corrected chi connectivity index (χ1v) is 4.97. The fraction of sp³-hybridized carbons (Fsp3) is 0. The van der Waals surface area contributed by atoms with Gasteiger partial charge in [-0.05, 0) is 42.5 Å². The van der Waals surface area contributed by atoms with Gasteiger partial charge in [0.25, 0.3) is 0 Å². The first-order chi connectivity index (χ1) is 7.74. The highest BCUT2D eigenvalue weighted by atomic mass is 15.4. The van der Waals surface area contributed by atoms with Crippen LogP contribution in [0.3, 0.4) is 0 Å². The van der Waals surface area contributed by atoms with Crippen LogP contribution in [0, 0.1) is 0 Å². The molecule has 0 aliphatic rings. The van der Waals surface area contributed by atoms with E-state index in [9.17, 15) is 0 Å². The molecule has 82 valence electrons. The molecule has 4 nitrogen and oxygen atoms in total. The van der Waals surface area contributed by atoms with Crippen molar-refractivity contribution in [3.8, 4) is 0 Å². The SMILES string of the molecule is Nc1ccc(NNc2cccc(N)c2)cc1. The van der Waals surface area contributed by atoms with Crippen molar-refractivity contribution in [3.63, 3.8) is 0 Å². The Morgan fingerprint density at radius 1 is 0.688 bits per heavy atom. The third-order valence-corrected chi connectivity index (χ3v) is 2.15. The maximum atomic E-state index is 5.66. The molecule has 0 heterocycles. The number of nitrogens with two attached hydrogens (primary N) is 2. The second-order valence-corrected chi connectivity index (χ2v) is 3.50. The lowest BCUT2D eigenvalue weighted by molar-refractivity contribution is 1.41. The van der Waals surface area contributed by atoms with Crippen molar-refractivity contribution in [2.75, 3.05) is 22.3 Å². The van der Waals surface area contributed by atoms with Gasteiger partial charge in [-0.3, -0.25) is 0 Å². The summed E-state index contributed by atoms with van der Waals surface area (Å²) < 4.78 is 0. The van der Waals surface area contributed by atoms with E-state index in [-0.39, 0.29) is 0 Å². The lowest BCUT2D eigenvalue weighted by atomic mass is 10.3. The molecule has 0 spiro atoms. The molecule has 2 aromatic carbocycles. The summed E-state index contributed by atoms with van der Waals surface area (Å²) in [5, 5.41) is 0. The van der Waals surface area contributed by atoms with Crippen LogP contribution in [-0.4, -0.2) is 0 Å². The topological polar surface area (TPSA) is 76.1 Å². The van der Waals surface area contributed by atoms with Crippen molar-refractivity contribution in [1.82, 2.24) is 0 Å². The van der Waals surface area contributed by atoms with Gasteiger partial charge >= 0.3 is 0 Å². The monoisotopic (exact) mass is 214 g/mol. The summed E-state index contributed by atoms with van der Waals surface area (Å²) in [5.74, 6) is 0. The molecular formula is C12H14N4. The van der Waals surface area contributed by atoms with Gasteiger partial charge in [-0.25, -0.2) is 0 Å². The lowest BCUT2D eigenvalue weighted by Gasteiger charge is -2.10. The van der Waals surface area contributed by atoms with Gasteiger partial charge < -0.3 is 22.3 Å². The summed E-state index contributed by atoms with van der Waals surface area (Å²) in [4.78, 5) is 0. The fourth-order valence-electron chi connectivity index (χ4n) is 1.33. The van der Waals surface area contributed by atoms with E-state index in [0.717, 1.165) is 22.7 Å². The van der Waals surface area contributed by atoms with Crippen molar-refractivity contribution < 1.29 is 0 Å². The van der Waals surface area contributed by atoms with Crippen LogP contribution in [0.2, 0.25) is 0 Å². The van der Waals surface area contributed by atoms with Crippen molar-refractivity contribution in [2.45, 2.75) is 0 Å². The van der Waals surface area contributed by atoms with Crippen LogP contribution in [0.5, 0.6) is 0 Å². The normalized spacial score (nSPS) is 9.75. The fourth-order valence-corrected chi connectivity index (χ4v) is 1.33. The number of nitrogen functional groups attached to an aromatic ring is 2. The molecule has 6 N–H and O–H groups in total. The Morgan fingerprint density at radius 3 is 2.06 bits per heavy atom. The van der Waals surface area contributed by atoms with Crippen LogP contribution in [0.4, 0.5) is 22.7 Å². The van der Waals surface area contributed by atoms with E-state index in [1.165, 1.54) is 0 Å². The summed E-state index contributed by atoms with van der Waals surface area (Å²) in [6, 6.07) is 15.0. The number of rotatable bonds is 3. The predicted octanol–water partition coefficient (Wildman–Crippen LogP) is 2.29. The van der Waals surface area contributed by atoms with Crippen LogP contribution in [0.15, 0.2) is 48.5 Å². The van der Waals surface area contributed by atoms with Crippen LogP contribution < -0.4 is 22.3 Å². The number of hydrogen-bond donors (Lipinski definition) is 4. The molecule has 0 radical (unpaired) electrons. The Kier molecular flexibility index (Phi) is 2.82. The summed E-state index contributed by atoms with van der Waals surface area (Å²) in [7, 11) is 0. The second kappa shape index (κ2) is 4.44. The van der Waals surface area contributed by atoms with Crippen molar-refractivity contribution >= 4 is 22.7 Å². The van der Waals surface area contributed by atoms with E-state index < -0.39 is 0 Å². The average molecular weight is 214 g/mol. The quantitative estimate of drug-likeness (QED) is 0.467. The van der Waals surface area contributed by atoms with Gasteiger partial charge in [-0.15, -0.1) is 0 Å². The molecule has 4 heteroatoms. The highest BCUT2D eigenvalue weighted by Gasteiger charge is 1.93. The molecule has 0 fully saturated rings. The van der Waals surface area contributed by atoms with E-state index >= 15 is 0 Å². The summed E-state index contributed by atoms with van der Waals surface area (Å²) in [6.45, 7) is 0. The zero-order chi connectivity index (χ0) is 11.4. The zero-order valence-corrected chi connectivity index (χ0v) is 8.77. The first kappa shape index (κ1) is 10.2. The van der Waals surface area contributed by atoms with Gasteiger partial charge in [-0.1, -0.05) is 6.07 Å². The Morgan fingerprint density at radius 2 is 1.38 bits per heavy atom. The van der Waals surface area contributed by atoms with Crippen molar-refractivity contribution in [3.05, 3.63) is 48.5 Å². The molecule has 0 aliphatic heterocycles. The summed E-state index contributed by atoms with van der Waals surface area (Å²) in [6.07, 6.45) is 0. The first-order valence-electron chi connectivity index (χ1n) is 4.97. The highest BCUT2D eigenvalue weighted by molar-refractivity contribution is 5.59. The highest BCUT2D eigenvalue weighted by Crippen LogP contribution is 2.14. The smallest absolute Gasteiger partial charge is 0.0560 e. The van der Waals surface area contributed by atoms with Crippen LogP contribution in [0.1, 0.15) is 0 Å². The lowest BCUT2D eigenvalue weighted by Crippen LogP contribution is -2.08. The molecule has 0 amide bonds. The minimum Gasteiger partial charge on any atom is -0.399 e. The van der Waals surface area contributed by atoms with Crippen LogP contribution in [-0.2, 0) is 0 Å². The molecule has 2 rings (SSSR count). The van der Waals surface area contributed by atoms with Gasteiger partial charge in [-0.2, -0.15) is 0 Å². The van der Waals surface area contributed by atoms with Crippen molar-refractivity contribution in [2.24, 2.45) is 0 Å². The number of hydrogen-bond acceptors (Lipinski definition) is 4. The Bertz CT molecular complexity index is 465. The van der Waals surface area contributed by atoms with Gasteiger partial charge in [0.05, 0.1) is 11.4 Å². The molecule has 0 saturated heterocycles. The van der Waals surface area contributed by atoms with Gasteiger partial charge in [0.1, 0.15) is 0 Å². The molecule has 16 heavy (non-hydrogen) atoms. The number of hydrazine groups is 1. The summed E-state index contributed by atoms with van der Waals surface area (Å²) in [5.41, 5.74) is 20.7. The molecule has 0 atom stereocenters. The van der Waals surface area contributed by atoms with Crippen LogP contribution >= 0.6 is 0 Å². The molecule has 2 aromatic rings. The Balaban J connectivity index is 1.99. The summed E-state index contributed by atoms with van der Waals surface area (Å²) >= 11 is 0. The van der Waals surface area contributed by atoms with E-state index in [0.29, 0.717) is 0 Å². The minimum atomic E-state index is 0.726. The van der Waals surface area contributed by atoms with Gasteiger partial charge in [0.15, 0.2) is 0 Å². The van der Waals surface area contributed by atoms with E-state index in [4.69, 9.17) is 11.5 Å². The Hall–Kier alpha value is -2.36. The number of nitrogens with one attached hydrogen (secondary N) is 2. The minimum absolute atomic E-state index is 0.726. The molecule has 0 bridgehead atoms. The maximum absolute atomic E-state index is 5.66. The Labute approximate surface area is 94.2 Å². The van der Waals surface area contributed by atoms with Crippen LogP contribution in [0.25, 0.3) is 0 Å². The third-order valence-electron chi connectivity index (χ3n) is 2.15. The van der Waals surface area contributed by atoms with Gasteiger partial charge in [0.2, 0.25) is 0 Å². The zero-order valence-electron chi connectivity index (χ0n) is 8.77. The third kappa shape index (κ3) is 2.57. The molecule has 0 aliphatic carbocycles. The molecule has 0 saturated carbocycles. The average Bonchev–Trinajstić information content (AvgIpc) is 2.28. The molecule has 0 aromatic heterocycles. The van der Waals surface area contributed by atoms with E-state index in [2.05, 4.69) is 10.9 Å². The maximum Gasteiger partial charge on any atom is 0.0560 e. The largest absolute Gasteiger partial charge is 0.399 e. The number of benzene rings is 2.